The summed E-state index contributed by atoms with van der Waals surface area (Å²) in [5.41, 5.74) is 0. The molecule has 0 radical (unpaired) electrons. The molecule has 32 valence electrons. The van der Waals surface area contributed by atoms with Crippen molar-refractivity contribution in [2.75, 3.05) is 0 Å². The van der Waals surface area contributed by atoms with Gasteiger partial charge in [-0.25, -0.2) is 0 Å². The Hall–Kier alpha value is 0.330. The third-order valence-corrected chi connectivity index (χ3v) is 0. The summed E-state index contributed by atoms with van der Waals surface area (Å²) < 4.78 is 16.6. The van der Waals surface area contributed by atoms with Crippen LogP contribution in [0.3, 0.4) is 0 Å². The maximum absolute atomic E-state index is 8.36. The number of hydrogen-bond acceptors (Lipinski definition) is 3. The summed E-state index contributed by atoms with van der Waals surface area (Å²) in [6.07, 6.45) is 0. The van der Waals surface area contributed by atoms with Crippen LogP contribution in [-0.4, -0.2) is 19.7 Å². The molecule has 0 rings (SSSR count). The monoisotopic (exact) mass is 110 g/mol. The molecule has 7 heteroatoms. The van der Waals surface area contributed by atoms with Crippen LogP contribution in [0.15, 0.2) is 0 Å². The van der Waals surface area contributed by atoms with Gasteiger partial charge >= 0.3 is 63.7 Å². The number of rotatable bonds is 0. The number of hydrogen-bond donors (Lipinski definition) is 1. The van der Waals surface area contributed by atoms with Crippen molar-refractivity contribution in [3.8, 4) is 0 Å². The van der Waals surface area contributed by atoms with E-state index in [9.17, 15) is 0 Å². The molecular formula is HB2NaO4. The molecular weight excluding hydrogens is 109 g/mol. The van der Waals surface area contributed by atoms with E-state index in [4.69, 9.17) is 19.5 Å². The minimum Gasteiger partial charge on any atom is 1.00 e. The summed E-state index contributed by atoms with van der Waals surface area (Å²) in [7, 11) is -0.750. The molecule has 0 aromatic heterocycles. The minimum absolute atomic E-state index is 0. The zero-order chi connectivity index (χ0) is 5.41. The van der Waals surface area contributed by atoms with Gasteiger partial charge in [0.25, 0.3) is 0 Å². The molecule has 0 aliphatic carbocycles. The first-order valence-electron chi connectivity index (χ1n) is 0.965. The van der Waals surface area contributed by atoms with E-state index in [1.165, 1.54) is 0 Å². The molecule has 0 aliphatic rings. The first kappa shape index (κ1) is 15.7. The van der Waals surface area contributed by atoms with Crippen molar-refractivity contribution >= 4 is 14.7 Å². The van der Waals surface area contributed by atoms with E-state index in [2.05, 4.69) is 0 Å². The first-order valence-corrected chi connectivity index (χ1v) is 0.965. The average molecular weight is 110 g/mol. The molecule has 0 bridgehead atoms. The van der Waals surface area contributed by atoms with Crippen LogP contribution in [0.25, 0.3) is 0 Å². The van der Waals surface area contributed by atoms with Gasteiger partial charge < -0.3 is 0 Å². The Labute approximate surface area is 63.8 Å². The van der Waals surface area contributed by atoms with Gasteiger partial charge in [0.05, 0.1) is 0 Å². The molecule has 0 saturated heterocycles. The van der Waals surface area contributed by atoms with Crippen molar-refractivity contribution in [3.63, 3.8) is 0 Å². The van der Waals surface area contributed by atoms with Crippen molar-refractivity contribution in [2.24, 2.45) is 0 Å². The van der Waals surface area contributed by atoms with E-state index in [0.717, 1.165) is 0 Å². The Morgan fingerprint density at radius 1 is 1.43 bits per heavy atom. The van der Waals surface area contributed by atoms with E-state index in [0.29, 0.717) is 0 Å². The molecule has 0 spiro atoms. The average Bonchev–Trinajstić information content (AvgIpc) is 1.39. The van der Waals surface area contributed by atoms with Crippen LogP contribution in [0.5, 0.6) is 0 Å². The molecule has 0 aromatic carbocycles. The zero-order valence-corrected chi connectivity index (χ0v) is 5.83. The van der Waals surface area contributed by atoms with E-state index >= 15 is 0 Å². The fourth-order valence-corrected chi connectivity index (χ4v) is 0. The minimum atomic E-state index is -0.500. The largest absolute Gasteiger partial charge is 1.00 e. The SMILES string of the molecule is O=BO.O=B[O-].[Na+]. The van der Waals surface area contributed by atoms with Gasteiger partial charge in [0.1, 0.15) is 0 Å². The topological polar surface area (TPSA) is 77.4 Å². The van der Waals surface area contributed by atoms with E-state index in [1.807, 2.05) is 0 Å². The van der Waals surface area contributed by atoms with Crippen LogP contribution in [0.1, 0.15) is 0 Å². The molecule has 0 heterocycles. The maximum Gasteiger partial charge on any atom is 1.00 e. The predicted octanol–water partition coefficient (Wildman–Crippen LogP) is -5.74. The summed E-state index contributed by atoms with van der Waals surface area (Å²) in [4.78, 5) is 0. The van der Waals surface area contributed by atoms with Crippen LogP contribution >= 0.6 is 0 Å². The predicted molar refractivity (Wildman–Crippen MR) is 15.1 cm³/mol. The summed E-state index contributed by atoms with van der Waals surface area (Å²) in [5.74, 6) is 0. The standard InChI is InChI=1S/BHO2.BO2.Na/c2*2-1-3;/h2H;;/q;-1;+1. The molecule has 4 nitrogen and oxygen atoms in total. The van der Waals surface area contributed by atoms with Crippen LogP contribution < -0.4 is 34.6 Å². The van der Waals surface area contributed by atoms with Crippen molar-refractivity contribution in [1.82, 2.24) is 0 Å². The second kappa shape index (κ2) is 33.1. The summed E-state index contributed by atoms with van der Waals surface area (Å²) in [6, 6.07) is 0. The van der Waals surface area contributed by atoms with Gasteiger partial charge in [0, 0.05) is 0 Å². The molecule has 7 heavy (non-hydrogen) atoms. The Morgan fingerprint density at radius 3 is 1.43 bits per heavy atom. The van der Waals surface area contributed by atoms with Crippen molar-refractivity contribution < 1.29 is 49.0 Å². The second-order valence-corrected chi connectivity index (χ2v) is 0.202. The smallest absolute Gasteiger partial charge is 1.00 e. The molecule has 0 saturated carbocycles. The van der Waals surface area contributed by atoms with Gasteiger partial charge in [-0.2, -0.15) is 0 Å². The molecule has 1 N–H and O–H groups in total. The van der Waals surface area contributed by atoms with E-state index in [1.54, 1.807) is 0 Å². The van der Waals surface area contributed by atoms with Crippen LogP contribution in [-0.2, 0) is 9.41 Å². The van der Waals surface area contributed by atoms with Crippen molar-refractivity contribution in [3.05, 3.63) is 0 Å². The molecule has 0 amide bonds. The Kier molecular flexibility index (Phi) is 74.1. The normalized spacial score (nSPS) is 2.29. The maximum atomic E-state index is 8.36. The molecule has 0 atom stereocenters. The van der Waals surface area contributed by atoms with Gasteiger partial charge in [-0.1, -0.05) is 0 Å². The molecule has 0 aliphatic heterocycles. The van der Waals surface area contributed by atoms with Crippen molar-refractivity contribution in [1.29, 1.82) is 0 Å². The quantitative estimate of drug-likeness (QED) is 0.315. The Bertz CT molecular complexity index is 30.7. The summed E-state index contributed by atoms with van der Waals surface area (Å²) in [6.45, 7) is 0. The zero-order valence-electron chi connectivity index (χ0n) is 3.83. The van der Waals surface area contributed by atoms with Crippen LogP contribution in [0.4, 0.5) is 0 Å². The van der Waals surface area contributed by atoms with Gasteiger partial charge in [0.15, 0.2) is 0 Å². The van der Waals surface area contributed by atoms with E-state index in [-0.39, 0.29) is 36.9 Å². The van der Waals surface area contributed by atoms with Crippen LogP contribution in [0, 0.1) is 0 Å². The first-order chi connectivity index (χ1) is 2.83. The van der Waals surface area contributed by atoms with Gasteiger partial charge in [0.2, 0.25) is 0 Å². The fourth-order valence-electron chi connectivity index (χ4n) is 0. The van der Waals surface area contributed by atoms with Crippen LogP contribution in [0.2, 0.25) is 0 Å². The Morgan fingerprint density at radius 2 is 1.43 bits per heavy atom. The van der Waals surface area contributed by atoms with Crippen molar-refractivity contribution in [2.45, 2.75) is 0 Å². The van der Waals surface area contributed by atoms with Gasteiger partial charge in [-0.15, -0.1) is 0 Å². The van der Waals surface area contributed by atoms with Gasteiger partial charge in [-0.05, 0) is 0 Å². The molecule has 0 aromatic rings. The van der Waals surface area contributed by atoms with E-state index < -0.39 is 7.35 Å². The third kappa shape index (κ3) is 1090. The summed E-state index contributed by atoms with van der Waals surface area (Å²) in [5, 5.41) is 15.1. The Balaban J connectivity index is -0.0000000400. The third-order valence-electron chi connectivity index (χ3n) is 0. The summed E-state index contributed by atoms with van der Waals surface area (Å²) >= 11 is 0. The fraction of sp³-hybridized carbons (Fsp3) is 0. The molecule has 0 fully saturated rings. The van der Waals surface area contributed by atoms with Gasteiger partial charge in [-0.3, -0.25) is 0 Å². The molecule has 0 unspecified atom stereocenters. The second-order valence-electron chi connectivity index (χ2n) is 0.202.